The number of amides is 1. The molecule has 182 valence electrons. The van der Waals surface area contributed by atoms with Crippen molar-refractivity contribution in [3.63, 3.8) is 0 Å². The van der Waals surface area contributed by atoms with Gasteiger partial charge in [-0.3, -0.25) is 9.10 Å². The molecule has 0 bridgehead atoms. The Balaban J connectivity index is 1.41. The maximum Gasteiger partial charge on any atom is 0.264 e. The quantitative estimate of drug-likeness (QED) is 0.291. The fourth-order valence-electron chi connectivity index (χ4n) is 4.75. The lowest BCUT2D eigenvalue weighted by molar-refractivity contribution is -0.119. The lowest BCUT2D eigenvalue weighted by atomic mass is 10.0. The smallest absolute Gasteiger partial charge is 0.264 e. The topological polar surface area (TPSA) is 78.8 Å². The molecule has 4 aromatic rings. The highest BCUT2D eigenvalue weighted by atomic mass is 32.2. The van der Waals surface area contributed by atoms with E-state index in [1.807, 2.05) is 32.0 Å². The summed E-state index contributed by atoms with van der Waals surface area (Å²) < 4.78 is 28.2. The number of benzene rings is 4. The number of carbonyl (C=O) groups is 1. The Hall–Kier alpha value is -3.97. The van der Waals surface area contributed by atoms with Crippen molar-refractivity contribution in [2.75, 3.05) is 10.8 Å². The van der Waals surface area contributed by atoms with E-state index >= 15 is 0 Å². The first-order valence-corrected chi connectivity index (χ1v) is 13.3. The van der Waals surface area contributed by atoms with Gasteiger partial charge >= 0.3 is 0 Å². The van der Waals surface area contributed by atoms with Crippen molar-refractivity contribution >= 4 is 38.6 Å². The predicted octanol–water partition coefficient (Wildman–Crippen LogP) is 4.90. The average Bonchev–Trinajstić information content (AvgIpc) is 3.31. The molecule has 6 nitrogen and oxygen atoms in total. The van der Waals surface area contributed by atoms with Crippen LogP contribution in [-0.2, 0) is 27.7 Å². The molecule has 0 radical (unpaired) electrons. The Morgan fingerprint density at radius 3 is 2.42 bits per heavy atom. The number of hydrogen-bond acceptors (Lipinski definition) is 4. The Labute approximate surface area is 211 Å². The Kier molecular flexibility index (Phi) is 6.33. The lowest BCUT2D eigenvalue weighted by Gasteiger charge is -2.26. The summed E-state index contributed by atoms with van der Waals surface area (Å²) in [6.45, 7) is 3.36. The third-order valence-electron chi connectivity index (χ3n) is 6.77. The maximum absolute atomic E-state index is 13.6. The van der Waals surface area contributed by atoms with Gasteiger partial charge in [-0.2, -0.15) is 5.10 Å². The molecule has 0 unspecified atom stereocenters. The first-order valence-electron chi connectivity index (χ1n) is 11.9. The summed E-state index contributed by atoms with van der Waals surface area (Å²) in [7, 11) is -3.98. The van der Waals surface area contributed by atoms with Gasteiger partial charge in [-0.05, 0) is 77.9 Å². The van der Waals surface area contributed by atoms with Crippen molar-refractivity contribution in [2.24, 2.45) is 5.10 Å². The second kappa shape index (κ2) is 9.59. The summed E-state index contributed by atoms with van der Waals surface area (Å²) in [5, 5.41) is 6.53. The highest BCUT2D eigenvalue weighted by Gasteiger charge is 2.28. The molecule has 0 spiro atoms. The van der Waals surface area contributed by atoms with Crippen LogP contribution in [0.1, 0.15) is 27.8 Å². The molecule has 0 aromatic heterocycles. The van der Waals surface area contributed by atoms with Gasteiger partial charge in [0.25, 0.3) is 15.9 Å². The number of nitrogens with one attached hydrogen (secondary N) is 1. The van der Waals surface area contributed by atoms with E-state index < -0.39 is 22.5 Å². The van der Waals surface area contributed by atoms with E-state index in [9.17, 15) is 13.2 Å². The van der Waals surface area contributed by atoms with Crippen molar-refractivity contribution < 1.29 is 13.2 Å². The highest BCUT2D eigenvalue weighted by Crippen LogP contribution is 2.32. The zero-order valence-corrected chi connectivity index (χ0v) is 21.0. The molecular formula is C29H27N3O3S. The summed E-state index contributed by atoms with van der Waals surface area (Å²) in [5.41, 5.74) is 8.28. The molecule has 4 aromatic carbocycles. The molecule has 0 saturated carbocycles. The molecular weight excluding hydrogens is 470 g/mol. The molecule has 5 rings (SSSR count). The molecule has 1 amide bonds. The van der Waals surface area contributed by atoms with Crippen molar-refractivity contribution in [3.05, 3.63) is 107 Å². The number of rotatable bonds is 7. The lowest BCUT2D eigenvalue weighted by Crippen LogP contribution is -2.40. The Morgan fingerprint density at radius 2 is 1.64 bits per heavy atom. The number of nitrogens with zero attached hydrogens (tertiary/aromatic N) is 2. The largest absolute Gasteiger partial charge is 0.271 e. The molecule has 1 N–H and O–H groups in total. The number of aryl methyl sites for hydroxylation is 3. The SMILES string of the molecule is Cc1cccc(N(CC(=O)N/N=C\c2ccc3c4c(cccc24)CC3)S(=O)(=O)c2ccccc2)c1C. The van der Waals surface area contributed by atoms with Crippen LogP contribution in [0.3, 0.4) is 0 Å². The summed E-state index contributed by atoms with van der Waals surface area (Å²) in [4.78, 5) is 13.1. The normalized spacial score (nSPS) is 12.8. The summed E-state index contributed by atoms with van der Waals surface area (Å²) in [5.74, 6) is -0.530. The number of sulfonamides is 1. The van der Waals surface area contributed by atoms with Crippen LogP contribution >= 0.6 is 0 Å². The van der Waals surface area contributed by atoms with Crippen LogP contribution in [0.2, 0.25) is 0 Å². The Bertz CT molecular complexity index is 1590. The fraction of sp³-hybridized carbons (Fsp3) is 0.172. The monoisotopic (exact) mass is 497 g/mol. The summed E-state index contributed by atoms with van der Waals surface area (Å²) in [6.07, 6.45) is 3.69. The van der Waals surface area contributed by atoms with Crippen molar-refractivity contribution in [1.82, 2.24) is 5.43 Å². The molecule has 0 aliphatic heterocycles. The maximum atomic E-state index is 13.6. The summed E-state index contributed by atoms with van der Waals surface area (Å²) in [6, 6.07) is 23.9. The molecule has 7 heteroatoms. The van der Waals surface area contributed by atoms with Crippen molar-refractivity contribution in [2.45, 2.75) is 31.6 Å². The van der Waals surface area contributed by atoms with Crippen LogP contribution in [0.5, 0.6) is 0 Å². The van der Waals surface area contributed by atoms with Gasteiger partial charge in [-0.1, -0.05) is 60.7 Å². The summed E-state index contributed by atoms with van der Waals surface area (Å²) >= 11 is 0. The molecule has 1 aliphatic carbocycles. The first kappa shape index (κ1) is 23.8. The van der Waals surface area contributed by atoms with Crippen LogP contribution in [0.4, 0.5) is 5.69 Å². The number of carbonyl (C=O) groups excluding carboxylic acids is 1. The van der Waals surface area contributed by atoms with Crippen LogP contribution in [0.15, 0.2) is 88.9 Å². The van der Waals surface area contributed by atoms with Crippen LogP contribution < -0.4 is 9.73 Å². The van der Waals surface area contributed by atoms with E-state index in [1.54, 1.807) is 36.5 Å². The van der Waals surface area contributed by atoms with Crippen LogP contribution in [-0.4, -0.2) is 27.1 Å². The van der Waals surface area contributed by atoms with E-state index in [0.29, 0.717) is 5.69 Å². The molecule has 0 heterocycles. The van der Waals surface area contributed by atoms with Gasteiger partial charge < -0.3 is 0 Å². The van der Waals surface area contributed by atoms with Gasteiger partial charge in [0.15, 0.2) is 0 Å². The second-order valence-electron chi connectivity index (χ2n) is 8.99. The third-order valence-corrected chi connectivity index (χ3v) is 8.54. The van der Waals surface area contributed by atoms with E-state index in [2.05, 4.69) is 28.7 Å². The highest BCUT2D eigenvalue weighted by molar-refractivity contribution is 7.92. The fourth-order valence-corrected chi connectivity index (χ4v) is 6.25. The molecule has 1 aliphatic rings. The van der Waals surface area contributed by atoms with E-state index in [4.69, 9.17) is 0 Å². The van der Waals surface area contributed by atoms with E-state index in [-0.39, 0.29) is 4.90 Å². The number of anilines is 1. The third kappa shape index (κ3) is 4.38. The minimum atomic E-state index is -3.98. The Morgan fingerprint density at radius 1 is 0.917 bits per heavy atom. The van der Waals surface area contributed by atoms with Crippen LogP contribution in [0, 0.1) is 13.8 Å². The predicted molar refractivity (Wildman–Crippen MR) is 144 cm³/mol. The molecule has 0 atom stereocenters. The van der Waals surface area contributed by atoms with Gasteiger partial charge in [0.1, 0.15) is 6.54 Å². The van der Waals surface area contributed by atoms with Crippen LogP contribution in [0.25, 0.3) is 10.8 Å². The zero-order valence-electron chi connectivity index (χ0n) is 20.2. The van der Waals surface area contributed by atoms with E-state index in [1.165, 1.54) is 28.6 Å². The first-order chi connectivity index (χ1) is 17.4. The molecule has 0 fully saturated rings. The van der Waals surface area contributed by atoms with Gasteiger partial charge in [-0.25, -0.2) is 13.8 Å². The average molecular weight is 498 g/mol. The number of hydrazone groups is 1. The molecule has 36 heavy (non-hydrogen) atoms. The van der Waals surface area contributed by atoms with Gasteiger partial charge in [-0.15, -0.1) is 0 Å². The zero-order chi connectivity index (χ0) is 25.3. The van der Waals surface area contributed by atoms with Gasteiger partial charge in [0.2, 0.25) is 0 Å². The van der Waals surface area contributed by atoms with Gasteiger partial charge in [0, 0.05) is 5.56 Å². The standard InChI is InChI=1S/C29H27N3O3S/c1-20-8-6-13-27(21(20)2)32(36(34,35)25-10-4-3-5-11-25)19-28(33)31-30-18-24-17-16-23-15-14-22-9-7-12-26(24)29(22)23/h3-13,16-18H,14-15,19H2,1-2H3,(H,31,33)/b30-18-. The van der Waals surface area contributed by atoms with Crippen molar-refractivity contribution in [3.8, 4) is 0 Å². The number of hydrogen-bond donors (Lipinski definition) is 1. The minimum Gasteiger partial charge on any atom is -0.271 e. The van der Waals surface area contributed by atoms with E-state index in [0.717, 1.165) is 39.2 Å². The van der Waals surface area contributed by atoms with Crippen molar-refractivity contribution in [1.29, 1.82) is 0 Å². The van der Waals surface area contributed by atoms with Gasteiger partial charge in [0.05, 0.1) is 16.8 Å². The molecule has 0 saturated heterocycles. The minimum absolute atomic E-state index is 0.120. The second-order valence-corrected chi connectivity index (χ2v) is 10.9.